The number of ether oxygens (including phenoxy) is 2. The summed E-state index contributed by atoms with van der Waals surface area (Å²) >= 11 is -1.03. The van der Waals surface area contributed by atoms with Crippen LogP contribution < -0.4 is 0 Å². The van der Waals surface area contributed by atoms with Crippen LogP contribution in [0.4, 0.5) is 0 Å². The van der Waals surface area contributed by atoms with Gasteiger partial charge < -0.3 is 29.3 Å². The minimum absolute atomic E-state index is 0.0175. The van der Waals surface area contributed by atoms with Crippen LogP contribution in [0.1, 0.15) is 95.6 Å². The first kappa shape index (κ1) is 35.9. The number of cyclic esters (lactones) is 2. The molecule has 46 heavy (non-hydrogen) atoms. The third kappa shape index (κ3) is 9.33. The molecule has 0 bridgehead atoms. The van der Waals surface area contributed by atoms with Crippen LogP contribution in [-0.4, -0.2) is 73.2 Å². The van der Waals surface area contributed by atoms with Gasteiger partial charge in [-0.2, -0.15) is 0 Å². The maximum absolute atomic E-state index is 13.0. The molecule has 2 aliphatic rings. The number of rotatable bonds is 16. The largest absolute Gasteiger partial charge is 0.616 e. The number of carbonyl (C=O) groups excluding carboxylic acids is 2. The highest BCUT2D eigenvalue weighted by Crippen LogP contribution is 2.43. The predicted octanol–water partition coefficient (Wildman–Crippen LogP) is 4.97. The topological polar surface area (TPSA) is 153 Å². The Bertz CT molecular complexity index is 1300. The van der Waals surface area contributed by atoms with Crippen LogP contribution in [0, 0.1) is 0 Å². The Morgan fingerprint density at radius 2 is 1.37 bits per heavy atom. The van der Waals surface area contributed by atoms with Crippen molar-refractivity contribution in [2.75, 3.05) is 11.5 Å². The van der Waals surface area contributed by atoms with Gasteiger partial charge in [0.2, 0.25) is 0 Å². The average molecular weight is 657 g/mol. The van der Waals surface area contributed by atoms with Gasteiger partial charge in [-0.05, 0) is 49.7 Å². The van der Waals surface area contributed by atoms with Crippen molar-refractivity contribution in [1.82, 2.24) is 0 Å². The van der Waals surface area contributed by atoms with Crippen molar-refractivity contribution in [1.29, 1.82) is 0 Å². The quantitative estimate of drug-likeness (QED) is 0.129. The zero-order valence-electron chi connectivity index (χ0n) is 26.9. The maximum atomic E-state index is 13.0. The summed E-state index contributed by atoms with van der Waals surface area (Å²) in [5.74, 6) is -1.07. The summed E-state index contributed by atoms with van der Waals surface area (Å²) in [4.78, 5) is 36.1. The summed E-state index contributed by atoms with van der Waals surface area (Å²) in [6.45, 7) is 4.06. The van der Waals surface area contributed by atoms with E-state index in [2.05, 4.69) is 6.92 Å². The molecule has 9 nitrogen and oxygen atoms in total. The number of hydrogen-bond donors (Lipinski definition) is 3. The highest BCUT2D eigenvalue weighted by atomic mass is 32.2. The number of aliphatic hydroxyl groups excluding tert-OH is 1. The number of carboxylic acid groups (broad SMARTS) is 1. The van der Waals surface area contributed by atoms with Gasteiger partial charge in [-0.15, -0.1) is 0 Å². The Kier molecular flexibility index (Phi) is 12.3. The lowest BCUT2D eigenvalue weighted by Gasteiger charge is -2.44. The molecule has 0 amide bonds. The first-order chi connectivity index (χ1) is 21.8. The highest BCUT2D eigenvalue weighted by molar-refractivity contribution is 7.91. The molecule has 2 aliphatic heterocycles. The number of esters is 2. The zero-order valence-corrected chi connectivity index (χ0v) is 27.7. The third-order valence-electron chi connectivity index (χ3n) is 9.88. The smallest absolute Gasteiger partial charge is 0.309 e. The Hall–Kier alpha value is -2.92. The van der Waals surface area contributed by atoms with Crippen LogP contribution in [0.2, 0.25) is 0 Å². The molecule has 2 fully saturated rings. The summed E-state index contributed by atoms with van der Waals surface area (Å²) in [6.07, 6.45) is 2.01. The van der Waals surface area contributed by atoms with E-state index in [-0.39, 0.29) is 25.2 Å². The first-order valence-corrected chi connectivity index (χ1v) is 17.8. The molecular formula is C36H48O9S. The fourth-order valence-corrected chi connectivity index (χ4v) is 8.36. The first-order valence-electron chi connectivity index (χ1n) is 16.3. The van der Waals surface area contributed by atoms with E-state index in [1.807, 2.05) is 67.6 Å². The minimum Gasteiger partial charge on any atom is -0.616 e. The van der Waals surface area contributed by atoms with E-state index in [1.54, 1.807) is 0 Å². The monoisotopic (exact) mass is 656 g/mol. The molecule has 7 unspecified atom stereocenters. The molecule has 2 aromatic rings. The predicted molar refractivity (Wildman–Crippen MR) is 175 cm³/mol. The average Bonchev–Trinajstić information content (AvgIpc) is 3.00. The molecule has 0 radical (unpaired) electrons. The van der Waals surface area contributed by atoms with Gasteiger partial charge in [-0.3, -0.25) is 14.4 Å². The number of unbranched alkanes of at least 4 members (excludes halogenated alkanes) is 2. The van der Waals surface area contributed by atoms with Crippen molar-refractivity contribution in [2.24, 2.45) is 0 Å². The second-order valence-corrected chi connectivity index (χ2v) is 15.3. The lowest BCUT2D eigenvalue weighted by Crippen LogP contribution is -2.52. The number of carbonyl (C=O) groups is 3. The van der Waals surface area contributed by atoms with Gasteiger partial charge in [0.15, 0.2) is 0 Å². The molecule has 2 aromatic carbocycles. The molecular weight excluding hydrogens is 608 g/mol. The van der Waals surface area contributed by atoms with E-state index in [4.69, 9.17) is 9.47 Å². The Morgan fingerprint density at radius 3 is 1.87 bits per heavy atom. The van der Waals surface area contributed by atoms with Crippen molar-refractivity contribution in [3.8, 4) is 0 Å². The standard InChI is InChI=1S/C36H48O9S/c1-34(26-13-5-3-6-14-26,29-21-28(37)22-32(40)44-29)17-9-11-19-46(43)20-12-10-18-35(2,27-15-7-4-8-16-27)30-23-36(42,24-31(38)39)25-33(41)45-30/h3-8,13-16,28-30,37,42H,9-12,17-25H2,1-2H3,(H,38,39). The summed E-state index contributed by atoms with van der Waals surface area (Å²) in [5.41, 5.74) is -0.816. The van der Waals surface area contributed by atoms with Crippen molar-refractivity contribution < 1.29 is 43.7 Å². The van der Waals surface area contributed by atoms with Crippen LogP contribution in [0.3, 0.4) is 0 Å². The van der Waals surface area contributed by atoms with Crippen LogP contribution in [-0.2, 0) is 45.9 Å². The van der Waals surface area contributed by atoms with E-state index in [0.717, 1.165) is 30.4 Å². The van der Waals surface area contributed by atoms with Crippen LogP contribution >= 0.6 is 0 Å². The fourth-order valence-electron chi connectivity index (χ4n) is 7.10. The summed E-state index contributed by atoms with van der Waals surface area (Å²) in [7, 11) is 0. The minimum atomic E-state index is -1.67. The molecule has 0 saturated carbocycles. The summed E-state index contributed by atoms with van der Waals surface area (Å²) in [6, 6.07) is 19.5. The molecule has 2 saturated heterocycles. The van der Waals surface area contributed by atoms with E-state index in [1.165, 1.54) is 0 Å². The number of aliphatic hydroxyl groups is 2. The normalized spacial score (nSPS) is 26.7. The Balaban J connectivity index is 1.30. The fraction of sp³-hybridized carbons (Fsp3) is 0.583. The van der Waals surface area contributed by atoms with Gasteiger partial charge in [-0.25, -0.2) is 0 Å². The number of benzene rings is 2. The van der Waals surface area contributed by atoms with Gasteiger partial charge in [-0.1, -0.05) is 85.7 Å². The second-order valence-electron chi connectivity index (χ2n) is 13.6. The number of carboxylic acids is 1. The molecule has 0 spiro atoms. The summed E-state index contributed by atoms with van der Waals surface area (Å²) < 4.78 is 24.5. The molecule has 10 heteroatoms. The van der Waals surface area contributed by atoms with Gasteiger partial charge in [0, 0.05) is 23.7 Å². The molecule has 4 rings (SSSR count). The van der Waals surface area contributed by atoms with Crippen molar-refractivity contribution in [2.45, 2.75) is 119 Å². The Morgan fingerprint density at radius 1 is 0.870 bits per heavy atom. The van der Waals surface area contributed by atoms with Gasteiger partial charge in [0.1, 0.15) is 23.7 Å². The third-order valence-corrected chi connectivity index (χ3v) is 11.4. The molecule has 2 heterocycles. The number of aliphatic carboxylic acids is 1. The number of hydrogen-bond acceptors (Lipinski definition) is 8. The van der Waals surface area contributed by atoms with E-state index in [0.29, 0.717) is 37.2 Å². The van der Waals surface area contributed by atoms with Crippen molar-refractivity contribution in [3.63, 3.8) is 0 Å². The van der Waals surface area contributed by atoms with E-state index >= 15 is 0 Å². The van der Waals surface area contributed by atoms with E-state index < -0.39 is 64.3 Å². The molecule has 3 N–H and O–H groups in total. The molecule has 0 aromatic heterocycles. The maximum Gasteiger partial charge on any atom is 0.309 e. The molecule has 252 valence electrons. The van der Waals surface area contributed by atoms with Gasteiger partial charge >= 0.3 is 17.9 Å². The van der Waals surface area contributed by atoms with Gasteiger partial charge in [0.05, 0.1) is 31.0 Å². The molecule has 0 aliphatic carbocycles. The van der Waals surface area contributed by atoms with Crippen LogP contribution in [0.5, 0.6) is 0 Å². The Labute approximate surface area is 274 Å². The van der Waals surface area contributed by atoms with Gasteiger partial charge in [0.25, 0.3) is 0 Å². The van der Waals surface area contributed by atoms with E-state index in [9.17, 15) is 34.3 Å². The van der Waals surface area contributed by atoms with Crippen molar-refractivity contribution >= 4 is 29.1 Å². The summed E-state index contributed by atoms with van der Waals surface area (Å²) in [5, 5.41) is 30.6. The molecule has 7 atom stereocenters. The second kappa shape index (κ2) is 15.8. The van der Waals surface area contributed by atoms with Crippen LogP contribution in [0.15, 0.2) is 60.7 Å². The van der Waals surface area contributed by atoms with Crippen LogP contribution in [0.25, 0.3) is 0 Å². The van der Waals surface area contributed by atoms with Crippen molar-refractivity contribution in [3.05, 3.63) is 71.8 Å². The SMILES string of the molecule is CC(CCCC[S+]([O-])CCCCC(C)(c1ccccc1)C1CC(O)(CC(=O)O)CC(=O)O1)(c1ccccc1)C1CC(O)CC(=O)O1. The zero-order chi connectivity index (χ0) is 33.4. The lowest BCUT2D eigenvalue weighted by molar-refractivity contribution is -0.180. The lowest BCUT2D eigenvalue weighted by atomic mass is 9.69. The highest BCUT2D eigenvalue weighted by Gasteiger charge is 2.49.